The van der Waals surface area contributed by atoms with E-state index in [1.165, 1.54) is 27.1 Å². The quantitative estimate of drug-likeness (QED) is 0.360. The predicted octanol–water partition coefficient (Wildman–Crippen LogP) is 6.31. The minimum absolute atomic E-state index is 0.768. The fraction of sp³-hybridized carbons (Fsp3) is 0. The Kier molecular flexibility index (Phi) is 2.90. The molecule has 0 nitrogen and oxygen atoms in total. The summed E-state index contributed by atoms with van der Waals surface area (Å²) in [6.45, 7) is 0. The molecule has 0 N–H and O–H groups in total. The lowest BCUT2D eigenvalue weighted by molar-refractivity contribution is 1.66. The van der Waals surface area contributed by atoms with Crippen LogP contribution in [0.2, 0.25) is 5.02 Å². The third-order valence-electron chi connectivity index (χ3n) is 3.90. The molecule has 0 atom stereocenters. The Hall–Kier alpha value is -2.31. The van der Waals surface area contributed by atoms with E-state index in [-0.39, 0.29) is 0 Å². The average Bonchev–Trinajstić information content (AvgIpc) is 2.54. The van der Waals surface area contributed by atoms with E-state index in [1.54, 1.807) is 0 Å². The van der Waals surface area contributed by atoms with Crippen LogP contribution in [0.4, 0.5) is 0 Å². The molecule has 0 spiro atoms. The first kappa shape index (κ1) is 12.4. The molecule has 1 heteroatoms. The number of hydrogen-bond donors (Lipinski definition) is 0. The van der Waals surface area contributed by atoms with Crippen molar-refractivity contribution in [2.75, 3.05) is 0 Å². The maximum atomic E-state index is 6.16. The zero-order valence-corrected chi connectivity index (χ0v) is 12.1. The van der Waals surface area contributed by atoms with Gasteiger partial charge in [-0.3, -0.25) is 0 Å². The molecule has 21 heavy (non-hydrogen) atoms. The van der Waals surface area contributed by atoms with Crippen molar-refractivity contribution in [3.05, 3.63) is 83.9 Å². The lowest BCUT2D eigenvalue weighted by Gasteiger charge is -2.11. The van der Waals surface area contributed by atoms with Crippen LogP contribution < -0.4 is 0 Å². The SMILES string of the molecule is Clc1cccc(-c2cc3ccccc3c3ccccc23)c1. The second-order valence-corrected chi connectivity index (χ2v) is 5.64. The predicted molar refractivity (Wildman–Crippen MR) is 91.9 cm³/mol. The standard InChI is InChI=1S/C20H13Cl/c21-16-8-5-7-14(12-16)20-13-15-6-1-2-9-17(15)18-10-3-4-11-19(18)20/h1-13H. The smallest absolute Gasteiger partial charge is 0.0412 e. The first-order valence-corrected chi connectivity index (χ1v) is 7.37. The molecule has 0 saturated heterocycles. The van der Waals surface area contributed by atoms with Crippen LogP contribution in [0.15, 0.2) is 78.9 Å². The van der Waals surface area contributed by atoms with E-state index >= 15 is 0 Å². The molecule has 0 aliphatic rings. The summed E-state index contributed by atoms with van der Waals surface area (Å²) in [5.41, 5.74) is 2.39. The summed E-state index contributed by atoms with van der Waals surface area (Å²) in [4.78, 5) is 0. The van der Waals surface area contributed by atoms with Crippen LogP contribution in [0.1, 0.15) is 0 Å². The highest BCUT2D eigenvalue weighted by atomic mass is 35.5. The van der Waals surface area contributed by atoms with Gasteiger partial charge in [-0.2, -0.15) is 0 Å². The van der Waals surface area contributed by atoms with Crippen LogP contribution >= 0.6 is 11.6 Å². The van der Waals surface area contributed by atoms with Gasteiger partial charge in [0.1, 0.15) is 0 Å². The third-order valence-corrected chi connectivity index (χ3v) is 4.14. The molecule has 0 fully saturated rings. The molecule has 0 radical (unpaired) electrons. The number of hydrogen-bond acceptors (Lipinski definition) is 0. The number of rotatable bonds is 1. The normalized spacial score (nSPS) is 11.1. The van der Waals surface area contributed by atoms with Gasteiger partial charge in [0, 0.05) is 5.02 Å². The molecule has 0 heterocycles. The summed E-state index contributed by atoms with van der Waals surface area (Å²) in [5, 5.41) is 5.86. The van der Waals surface area contributed by atoms with Crippen molar-refractivity contribution in [1.29, 1.82) is 0 Å². The molecule has 0 saturated carbocycles. The molecule has 0 bridgehead atoms. The van der Waals surface area contributed by atoms with Crippen molar-refractivity contribution >= 4 is 33.1 Å². The Bertz CT molecular complexity index is 954. The van der Waals surface area contributed by atoms with Gasteiger partial charge < -0.3 is 0 Å². The minimum atomic E-state index is 0.768. The monoisotopic (exact) mass is 288 g/mol. The molecule has 0 unspecified atom stereocenters. The van der Waals surface area contributed by atoms with Gasteiger partial charge in [0.15, 0.2) is 0 Å². The molecule has 4 aromatic carbocycles. The van der Waals surface area contributed by atoms with Crippen molar-refractivity contribution in [3.8, 4) is 11.1 Å². The highest BCUT2D eigenvalue weighted by Crippen LogP contribution is 2.35. The molecule has 100 valence electrons. The fourth-order valence-electron chi connectivity index (χ4n) is 2.95. The molecule has 0 aliphatic heterocycles. The van der Waals surface area contributed by atoms with Gasteiger partial charge in [-0.25, -0.2) is 0 Å². The Labute approximate surface area is 128 Å². The first-order valence-electron chi connectivity index (χ1n) is 6.99. The molecule has 0 aromatic heterocycles. The highest BCUT2D eigenvalue weighted by Gasteiger charge is 2.08. The van der Waals surface area contributed by atoms with Gasteiger partial charge in [0.2, 0.25) is 0 Å². The summed E-state index contributed by atoms with van der Waals surface area (Å²) in [6.07, 6.45) is 0. The highest BCUT2D eigenvalue weighted by molar-refractivity contribution is 6.31. The molecule has 4 rings (SSSR count). The van der Waals surface area contributed by atoms with Crippen LogP contribution in [0.25, 0.3) is 32.7 Å². The lowest BCUT2D eigenvalue weighted by atomic mass is 9.93. The van der Waals surface area contributed by atoms with Crippen molar-refractivity contribution in [3.63, 3.8) is 0 Å². The Morgan fingerprint density at radius 2 is 1.29 bits per heavy atom. The summed E-state index contributed by atoms with van der Waals surface area (Å²) in [6, 6.07) is 27.4. The summed E-state index contributed by atoms with van der Waals surface area (Å²) in [5.74, 6) is 0. The first-order chi connectivity index (χ1) is 10.3. The molecular formula is C20H13Cl. The minimum Gasteiger partial charge on any atom is -0.0843 e. The zero-order chi connectivity index (χ0) is 14.2. The van der Waals surface area contributed by atoms with Gasteiger partial charge in [0.25, 0.3) is 0 Å². The van der Waals surface area contributed by atoms with Crippen molar-refractivity contribution < 1.29 is 0 Å². The molecule has 0 amide bonds. The Balaban J connectivity index is 2.16. The lowest BCUT2D eigenvalue weighted by Crippen LogP contribution is -1.84. The van der Waals surface area contributed by atoms with Gasteiger partial charge >= 0.3 is 0 Å². The van der Waals surface area contributed by atoms with Crippen LogP contribution in [0.5, 0.6) is 0 Å². The van der Waals surface area contributed by atoms with Crippen LogP contribution in [-0.2, 0) is 0 Å². The molecular weight excluding hydrogens is 276 g/mol. The second-order valence-electron chi connectivity index (χ2n) is 5.20. The van der Waals surface area contributed by atoms with Crippen molar-refractivity contribution in [2.45, 2.75) is 0 Å². The van der Waals surface area contributed by atoms with Crippen LogP contribution in [-0.4, -0.2) is 0 Å². The maximum Gasteiger partial charge on any atom is 0.0412 e. The van der Waals surface area contributed by atoms with Gasteiger partial charge in [0.05, 0.1) is 0 Å². The number of benzene rings is 4. The average molecular weight is 289 g/mol. The van der Waals surface area contributed by atoms with E-state index < -0.39 is 0 Å². The van der Waals surface area contributed by atoms with Crippen molar-refractivity contribution in [2.24, 2.45) is 0 Å². The summed E-state index contributed by atoms with van der Waals surface area (Å²) < 4.78 is 0. The second kappa shape index (κ2) is 4.91. The molecule has 0 aliphatic carbocycles. The van der Waals surface area contributed by atoms with Gasteiger partial charge in [-0.05, 0) is 50.9 Å². The largest absolute Gasteiger partial charge is 0.0843 e. The fourth-order valence-corrected chi connectivity index (χ4v) is 3.14. The third kappa shape index (κ3) is 2.09. The van der Waals surface area contributed by atoms with E-state index in [2.05, 4.69) is 60.7 Å². The van der Waals surface area contributed by atoms with E-state index in [0.29, 0.717) is 0 Å². The zero-order valence-electron chi connectivity index (χ0n) is 11.4. The summed E-state index contributed by atoms with van der Waals surface area (Å²) >= 11 is 6.16. The number of fused-ring (bicyclic) bond motifs is 3. The number of halogens is 1. The van der Waals surface area contributed by atoms with E-state index in [4.69, 9.17) is 11.6 Å². The van der Waals surface area contributed by atoms with E-state index in [1.807, 2.05) is 18.2 Å². The van der Waals surface area contributed by atoms with E-state index in [9.17, 15) is 0 Å². The van der Waals surface area contributed by atoms with Crippen molar-refractivity contribution in [1.82, 2.24) is 0 Å². The summed E-state index contributed by atoms with van der Waals surface area (Å²) in [7, 11) is 0. The van der Waals surface area contributed by atoms with E-state index in [0.717, 1.165) is 10.6 Å². The molecule has 4 aromatic rings. The van der Waals surface area contributed by atoms with Gasteiger partial charge in [-0.15, -0.1) is 0 Å². The van der Waals surface area contributed by atoms with Crippen LogP contribution in [0, 0.1) is 0 Å². The van der Waals surface area contributed by atoms with Gasteiger partial charge in [-0.1, -0.05) is 72.3 Å². The maximum absolute atomic E-state index is 6.16. The Morgan fingerprint density at radius 3 is 2.10 bits per heavy atom. The Morgan fingerprint density at radius 1 is 0.571 bits per heavy atom. The van der Waals surface area contributed by atoms with Crippen LogP contribution in [0.3, 0.4) is 0 Å². The topological polar surface area (TPSA) is 0 Å².